The van der Waals surface area contributed by atoms with E-state index in [0.717, 1.165) is 25.9 Å². The Balaban J connectivity index is 1.32. The van der Waals surface area contributed by atoms with Crippen molar-refractivity contribution < 1.29 is 14.3 Å². The maximum Gasteiger partial charge on any atom is 0.230 e. The van der Waals surface area contributed by atoms with E-state index in [1.165, 1.54) is 28.7 Å². The fourth-order valence-electron chi connectivity index (χ4n) is 2.25. The maximum atomic E-state index is 12.0. The first kappa shape index (κ1) is 22.7. The molecule has 0 bridgehead atoms. The standard InChI is InChI=1S/C20H20ClN3O3S3/c1-26-16-6-2-14(3-7-16)12-28-19-23-24-20(30-19)29-13-18(25)22-10-11-27-17-8-4-15(21)5-9-17/h2-9H,10-13H2,1H3,(H,22,25). The van der Waals surface area contributed by atoms with E-state index in [4.69, 9.17) is 21.1 Å². The molecular formula is C20H20ClN3O3S3. The molecule has 1 N–H and O–H groups in total. The first-order valence-corrected chi connectivity index (χ1v) is 12.2. The highest BCUT2D eigenvalue weighted by Crippen LogP contribution is 2.30. The van der Waals surface area contributed by atoms with Crippen LogP contribution in [0.5, 0.6) is 11.5 Å². The van der Waals surface area contributed by atoms with Crippen LogP contribution < -0.4 is 14.8 Å². The number of hydrogen-bond acceptors (Lipinski definition) is 8. The summed E-state index contributed by atoms with van der Waals surface area (Å²) in [7, 11) is 1.65. The third kappa shape index (κ3) is 7.71. The van der Waals surface area contributed by atoms with Gasteiger partial charge in [0.2, 0.25) is 5.91 Å². The van der Waals surface area contributed by atoms with Crippen LogP contribution in [0.1, 0.15) is 5.56 Å². The number of thioether (sulfide) groups is 2. The second-order valence-corrected chi connectivity index (χ2v) is 9.77. The summed E-state index contributed by atoms with van der Waals surface area (Å²) in [5.74, 6) is 2.59. The molecule has 0 aliphatic rings. The Labute approximate surface area is 192 Å². The lowest BCUT2D eigenvalue weighted by molar-refractivity contribution is -0.118. The lowest BCUT2D eigenvalue weighted by Crippen LogP contribution is -2.29. The van der Waals surface area contributed by atoms with Crippen molar-refractivity contribution in [3.05, 3.63) is 59.1 Å². The van der Waals surface area contributed by atoms with E-state index in [9.17, 15) is 4.79 Å². The summed E-state index contributed by atoms with van der Waals surface area (Å²) in [6.07, 6.45) is 0. The second-order valence-electron chi connectivity index (χ2n) is 5.91. The number of carbonyl (C=O) groups excluding carboxylic acids is 1. The lowest BCUT2D eigenvalue weighted by Gasteiger charge is -2.07. The minimum atomic E-state index is -0.0673. The van der Waals surface area contributed by atoms with Crippen LogP contribution in [0, 0.1) is 0 Å². The fourth-order valence-corrected chi connectivity index (χ4v) is 5.18. The minimum absolute atomic E-state index is 0.0673. The van der Waals surface area contributed by atoms with Gasteiger partial charge in [0, 0.05) is 10.8 Å². The normalized spacial score (nSPS) is 10.6. The molecule has 158 valence electrons. The molecule has 3 rings (SSSR count). The summed E-state index contributed by atoms with van der Waals surface area (Å²) in [6.45, 7) is 0.824. The zero-order valence-electron chi connectivity index (χ0n) is 16.2. The predicted octanol–water partition coefficient (Wildman–Crippen LogP) is 4.78. The molecule has 10 heteroatoms. The lowest BCUT2D eigenvalue weighted by atomic mass is 10.2. The Hall–Kier alpha value is -1.94. The van der Waals surface area contributed by atoms with Crippen molar-refractivity contribution in [2.24, 2.45) is 0 Å². The van der Waals surface area contributed by atoms with Crippen LogP contribution in [0.2, 0.25) is 5.02 Å². The summed E-state index contributed by atoms with van der Waals surface area (Å²) in [5, 5.41) is 11.8. The third-order valence-electron chi connectivity index (χ3n) is 3.74. The van der Waals surface area contributed by atoms with E-state index >= 15 is 0 Å². The van der Waals surface area contributed by atoms with Gasteiger partial charge in [-0.05, 0) is 42.0 Å². The topological polar surface area (TPSA) is 73.3 Å². The molecule has 0 atom stereocenters. The predicted molar refractivity (Wildman–Crippen MR) is 123 cm³/mol. The number of aromatic nitrogens is 2. The van der Waals surface area contributed by atoms with Crippen LogP contribution in [-0.4, -0.2) is 42.1 Å². The van der Waals surface area contributed by atoms with Gasteiger partial charge in [0.05, 0.1) is 19.4 Å². The van der Waals surface area contributed by atoms with E-state index in [-0.39, 0.29) is 5.91 Å². The molecule has 0 fully saturated rings. The third-order valence-corrected chi connectivity index (χ3v) is 7.26. The van der Waals surface area contributed by atoms with Crippen molar-refractivity contribution in [2.75, 3.05) is 26.0 Å². The van der Waals surface area contributed by atoms with E-state index in [1.54, 1.807) is 43.1 Å². The number of methoxy groups -OCH3 is 1. The van der Waals surface area contributed by atoms with Gasteiger partial charge in [-0.2, -0.15) is 0 Å². The van der Waals surface area contributed by atoms with Gasteiger partial charge in [-0.3, -0.25) is 4.79 Å². The maximum absolute atomic E-state index is 12.0. The van der Waals surface area contributed by atoms with E-state index in [1.807, 2.05) is 24.3 Å². The highest BCUT2D eigenvalue weighted by Gasteiger charge is 2.09. The van der Waals surface area contributed by atoms with E-state index < -0.39 is 0 Å². The Morgan fingerprint density at radius 1 is 1.03 bits per heavy atom. The Kier molecular flexibility index (Phi) is 9.13. The Morgan fingerprint density at radius 3 is 2.40 bits per heavy atom. The van der Waals surface area contributed by atoms with Crippen LogP contribution >= 0.6 is 46.5 Å². The number of rotatable bonds is 11. The smallest absolute Gasteiger partial charge is 0.230 e. The molecule has 6 nitrogen and oxygen atoms in total. The molecule has 1 heterocycles. The van der Waals surface area contributed by atoms with Crippen molar-refractivity contribution in [3.8, 4) is 11.5 Å². The number of halogens is 1. The highest BCUT2D eigenvalue weighted by atomic mass is 35.5. The summed E-state index contributed by atoms with van der Waals surface area (Å²) >= 11 is 10.3. The second kappa shape index (κ2) is 12.0. The summed E-state index contributed by atoms with van der Waals surface area (Å²) in [6, 6.07) is 15.1. The Bertz CT molecular complexity index is 936. The van der Waals surface area contributed by atoms with Gasteiger partial charge in [0.15, 0.2) is 8.68 Å². The zero-order chi connectivity index (χ0) is 21.2. The van der Waals surface area contributed by atoms with Gasteiger partial charge in [0.25, 0.3) is 0 Å². The summed E-state index contributed by atoms with van der Waals surface area (Å²) < 4.78 is 12.4. The van der Waals surface area contributed by atoms with Crippen LogP contribution in [0.3, 0.4) is 0 Å². The Morgan fingerprint density at radius 2 is 1.70 bits per heavy atom. The number of carbonyl (C=O) groups is 1. The molecule has 0 aliphatic heterocycles. The highest BCUT2D eigenvalue weighted by molar-refractivity contribution is 8.03. The molecule has 0 saturated carbocycles. The van der Waals surface area contributed by atoms with Gasteiger partial charge in [-0.15, -0.1) is 10.2 Å². The van der Waals surface area contributed by atoms with Crippen molar-refractivity contribution in [3.63, 3.8) is 0 Å². The monoisotopic (exact) mass is 481 g/mol. The molecule has 0 saturated heterocycles. The molecule has 30 heavy (non-hydrogen) atoms. The quantitative estimate of drug-likeness (QED) is 0.312. The number of amides is 1. The van der Waals surface area contributed by atoms with Crippen LogP contribution in [0.15, 0.2) is 57.2 Å². The summed E-state index contributed by atoms with van der Waals surface area (Å²) in [5.41, 5.74) is 1.19. The zero-order valence-corrected chi connectivity index (χ0v) is 19.4. The first-order chi connectivity index (χ1) is 14.6. The van der Waals surface area contributed by atoms with E-state index in [0.29, 0.717) is 23.9 Å². The fraction of sp³-hybridized carbons (Fsp3) is 0.250. The molecular weight excluding hydrogens is 462 g/mol. The SMILES string of the molecule is COc1ccc(CSc2nnc(SCC(=O)NCCOc3ccc(Cl)cc3)s2)cc1. The van der Waals surface area contributed by atoms with Crippen LogP contribution in [0.4, 0.5) is 0 Å². The number of hydrogen-bond donors (Lipinski definition) is 1. The molecule has 0 spiro atoms. The number of nitrogens with zero attached hydrogens (tertiary/aromatic N) is 2. The number of benzene rings is 2. The van der Waals surface area contributed by atoms with Gasteiger partial charge < -0.3 is 14.8 Å². The van der Waals surface area contributed by atoms with Crippen molar-refractivity contribution >= 4 is 52.4 Å². The van der Waals surface area contributed by atoms with E-state index in [2.05, 4.69) is 15.5 Å². The van der Waals surface area contributed by atoms with Gasteiger partial charge in [0.1, 0.15) is 18.1 Å². The minimum Gasteiger partial charge on any atom is -0.497 e. The van der Waals surface area contributed by atoms with Gasteiger partial charge in [-0.25, -0.2) is 0 Å². The molecule has 0 unspecified atom stereocenters. The molecule has 0 radical (unpaired) electrons. The molecule has 2 aromatic carbocycles. The van der Waals surface area contributed by atoms with Crippen LogP contribution in [-0.2, 0) is 10.5 Å². The van der Waals surface area contributed by atoms with Crippen molar-refractivity contribution in [1.82, 2.24) is 15.5 Å². The number of nitrogens with one attached hydrogen (secondary N) is 1. The molecule has 0 aliphatic carbocycles. The largest absolute Gasteiger partial charge is 0.497 e. The first-order valence-electron chi connectivity index (χ1n) is 8.99. The van der Waals surface area contributed by atoms with Crippen LogP contribution in [0.25, 0.3) is 0 Å². The van der Waals surface area contributed by atoms with Gasteiger partial charge >= 0.3 is 0 Å². The molecule has 1 aromatic heterocycles. The average molecular weight is 482 g/mol. The van der Waals surface area contributed by atoms with Gasteiger partial charge in [-0.1, -0.05) is 58.6 Å². The van der Waals surface area contributed by atoms with Crippen molar-refractivity contribution in [1.29, 1.82) is 0 Å². The van der Waals surface area contributed by atoms with Crippen molar-refractivity contribution in [2.45, 2.75) is 14.4 Å². The molecule has 3 aromatic rings. The average Bonchev–Trinajstić information content (AvgIpc) is 3.23. The number of ether oxygens (including phenoxy) is 2. The molecule has 1 amide bonds. The summed E-state index contributed by atoms with van der Waals surface area (Å²) in [4.78, 5) is 12.0.